The fourth-order valence-corrected chi connectivity index (χ4v) is 1.19. The van der Waals surface area contributed by atoms with Crippen molar-refractivity contribution in [2.45, 2.75) is 5.03 Å². The van der Waals surface area contributed by atoms with Crippen molar-refractivity contribution in [3.63, 3.8) is 0 Å². The number of hydrogen-bond donors (Lipinski definition) is 2. The third kappa shape index (κ3) is 1.88. The number of H-pyrrole nitrogens is 1. The van der Waals surface area contributed by atoms with Gasteiger partial charge in [-0.1, -0.05) is 0 Å². The Labute approximate surface area is 72.6 Å². The number of carboxylic acids is 1. The molecule has 0 amide bonds. The number of aromatic nitrogens is 1. The van der Waals surface area contributed by atoms with Crippen molar-refractivity contribution in [3.8, 4) is 0 Å². The molecule has 1 aromatic rings. The zero-order chi connectivity index (χ0) is 9.14. The fraction of sp³-hybridized carbons (Fsp3) is 0.143. The minimum absolute atomic E-state index is 0.0770. The largest absolute Gasteiger partial charge is 0.477 e. The standard InChI is InChI=1S/C7H7NO3S/c1-12-6-3-4(9)2-5(8-6)7(10)11/h2-3H,1H3,(H,8,9)(H,10,11). The SMILES string of the molecule is CSc1cc(=O)cc(C(=O)O)[nH]1. The molecule has 1 aromatic heterocycles. The van der Waals surface area contributed by atoms with Gasteiger partial charge in [-0.3, -0.25) is 4.79 Å². The molecule has 0 spiro atoms. The van der Waals surface area contributed by atoms with E-state index in [0.717, 1.165) is 6.07 Å². The van der Waals surface area contributed by atoms with E-state index in [-0.39, 0.29) is 11.1 Å². The Hall–Kier alpha value is -1.23. The topological polar surface area (TPSA) is 70.2 Å². The number of thioether (sulfide) groups is 1. The van der Waals surface area contributed by atoms with Crippen molar-refractivity contribution in [2.75, 3.05) is 6.26 Å². The maximum Gasteiger partial charge on any atom is 0.352 e. The number of aromatic amines is 1. The van der Waals surface area contributed by atoms with E-state index >= 15 is 0 Å². The molecule has 0 saturated carbocycles. The van der Waals surface area contributed by atoms with Crippen LogP contribution in [0.4, 0.5) is 0 Å². The van der Waals surface area contributed by atoms with Gasteiger partial charge in [0, 0.05) is 12.1 Å². The summed E-state index contributed by atoms with van der Waals surface area (Å²) in [6.45, 7) is 0. The molecule has 0 aromatic carbocycles. The second kappa shape index (κ2) is 3.44. The molecule has 0 aliphatic rings. The van der Waals surface area contributed by atoms with Crippen molar-refractivity contribution < 1.29 is 9.90 Å². The van der Waals surface area contributed by atoms with E-state index < -0.39 is 5.97 Å². The predicted octanol–water partition coefficient (Wildman–Crippen LogP) is 0.795. The summed E-state index contributed by atoms with van der Waals surface area (Å²) < 4.78 is 0. The molecule has 0 saturated heterocycles. The van der Waals surface area contributed by atoms with Crippen LogP contribution in [0.2, 0.25) is 0 Å². The molecule has 0 bridgehead atoms. The molecule has 64 valence electrons. The highest BCUT2D eigenvalue weighted by atomic mass is 32.2. The molecule has 0 unspecified atom stereocenters. The average Bonchev–Trinajstić information content (AvgIpc) is 2.03. The van der Waals surface area contributed by atoms with Gasteiger partial charge in [-0.25, -0.2) is 4.79 Å². The maximum atomic E-state index is 10.9. The minimum Gasteiger partial charge on any atom is -0.477 e. The van der Waals surface area contributed by atoms with E-state index in [1.54, 1.807) is 6.26 Å². The van der Waals surface area contributed by atoms with Gasteiger partial charge in [0.05, 0.1) is 5.03 Å². The van der Waals surface area contributed by atoms with Gasteiger partial charge in [0.15, 0.2) is 5.43 Å². The molecule has 0 aliphatic carbocycles. The van der Waals surface area contributed by atoms with Crippen molar-refractivity contribution in [2.24, 2.45) is 0 Å². The third-order valence-corrected chi connectivity index (χ3v) is 1.93. The second-order valence-corrected chi connectivity index (χ2v) is 2.95. The first-order chi connectivity index (χ1) is 5.63. The molecule has 4 nitrogen and oxygen atoms in total. The van der Waals surface area contributed by atoms with E-state index in [4.69, 9.17) is 5.11 Å². The Morgan fingerprint density at radius 2 is 2.25 bits per heavy atom. The minimum atomic E-state index is -1.12. The summed E-state index contributed by atoms with van der Waals surface area (Å²) in [5.74, 6) is -1.12. The Morgan fingerprint density at radius 3 is 2.75 bits per heavy atom. The summed E-state index contributed by atoms with van der Waals surface area (Å²) in [4.78, 5) is 23.9. The Kier molecular flexibility index (Phi) is 2.54. The molecule has 1 rings (SSSR count). The van der Waals surface area contributed by atoms with Crippen molar-refractivity contribution in [3.05, 3.63) is 28.0 Å². The monoisotopic (exact) mass is 185 g/mol. The van der Waals surface area contributed by atoms with E-state index in [1.165, 1.54) is 17.8 Å². The number of carbonyl (C=O) groups is 1. The van der Waals surface area contributed by atoms with Gasteiger partial charge in [0.2, 0.25) is 0 Å². The van der Waals surface area contributed by atoms with Gasteiger partial charge in [-0.15, -0.1) is 11.8 Å². The molecule has 12 heavy (non-hydrogen) atoms. The van der Waals surface area contributed by atoms with Crippen LogP contribution in [-0.4, -0.2) is 22.3 Å². The normalized spacial score (nSPS) is 9.75. The van der Waals surface area contributed by atoms with Crippen LogP contribution in [0.1, 0.15) is 10.5 Å². The van der Waals surface area contributed by atoms with Crippen LogP contribution >= 0.6 is 11.8 Å². The van der Waals surface area contributed by atoms with Crippen molar-refractivity contribution in [1.82, 2.24) is 4.98 Å². The molecule has 5 heteroatoms. The molecule has 1 heterocycles. The molecular formula is C7H7NO3S. The molecule has 0 atom stereocenters. The van der Waals surface area contributed by atoms with E-state index in [0.29, 0.717) is 5.03 Å². The van der Waals surface area contributed by atoms with Crippen LogP contribution < -0.4 is 5.43 Å². The summed E-state index contributed by atoms with van der Waals surface area (Å²) >= 11 is 1.30. The summed E-state index contributed by atoms with van der Waals surface area (Å²) in [7, 11) is 0. The highest BCUT2D eigenvalue weighted by molar-refractivity contribution is 7.98. The smallest absolute Gasteiger partial charge is 0.352 e. The van der Waals surface area contributed by atoms with Gasteiger partial charge < -0.3 is 10.1 Å². The molecule has 0 radical (unpaired) electrons. The highest BCUT2D eigenvalue weighted by Crippen LogP contribution is 2.08. The van der Waals surface area contributed by atoms with E-state index in [9.17, 15) is 9.59 Å². The maximum absolute atomic E-state index is 10.9. The lowest BCUT2D eigenvalue weighted by atomic mass is 10.3. The van der Waals surface area contributed by atoms with Gasteiger partial charge in [-0.2, -0.15) is 0 Å². The average molecular weight is 185 g/mol. The molecule has 2 N–H and O–H groups in total. The van der Waals surface area contributed by atoms with E-state index in [1.807, 2.05) is 0 Å². The summed E-state index contributed by atoms with van der Waals surface area (Å²) in [5, 5.41) is 9.11. The van der Waals surface area contributed by atoms with Crippen LogP contribution in [0.15, 0.2) is 22.0 Å². The van der Waals surface area contributed by atoms with Crippen molar-refractivity contribution in [1.29, 1.82) is 0 Å². The first kappa shape index (κ1) is 8.86. The van der Waals surface area contributed by atoms with Gasteiger partial charge >= 0.3 is 5.97 Å². The van der Waals surface area contributed by atoms with Gasteiger partial charge in [0.25, 0.3) is 0 Å². The quantitative estimate of drug-likeness (QED) is 0.668. The van der Waals surface area contributed by atoms with Crippen LogP contribution in [0, 0.1) is 0 Å². The Balaban J connectivity index is 3.24. The summed E-state index contributed by atoms with van der Waals surface area (Å²) in [5.41, 5.74) is -0.373. The van der Waals surface area contributed by atoms with Gasteiger partial charge in [0.1, 0.15) is 5.69 Å². The zero-order valence-corrected chi connectivity index (χ0v) is 7.14. The molecule has 0 fully saturated rings. The lowest BCUT2D eigenvalue weighted by molar-refractivity contribution is 0.0689. The predicted molar refractivity (Wildman–Crippen MR) is 45.8 cm³/mol. The number of pyridine rings is 1. The number of rotatable bonds is 2. The Bertz CT molecular complexity index is 358. The number of aromatic carboxylic acids is 1. The number of hydrogen-bond acceptors (Lipinski definition) is 3. The lowest BCUT2D eigenvalue weighted by Crippen LogP contribution is -2.08. The van der Waals surface area contributed by atoms with Gasteiger partial charge in [-0.05, 0) is 6.26 Å². The fourth-order valence-electron chi connectivity index (χ4n) is 0.743. The molecule has 0 aliphatic heterocycles. The first-order valence-electron chi connectivity index (χ1n) is 3.15. The van der Waals surface area contributed by atoms with Crippen LogP contribution in [0.25, 0.3) is 0 Å². The lowest BCUT2D eigenvalue weighted by Gasteiger charge is -1.97. The van der Waals surface area contributed by atoms with Crippen LogP contribution in [-0.2, 0) is 0 Å². The Morgan fingerprint density at radius 1 is 1.58 bits per heavy atom. The number of nitrogens with one attached hydrogen (secondary N) is 1. The molecular weight excluding hydrogens is 178 g/mol. The summed E-state index contributed by atoms with van der Waals surface area (Å²) in [6, 6.07) is 2.42. The zero-order valence-electron chi connectivity index (χ0n) is 6.33. The number of carboxylic acid groups (broad SMARTS) is 1. The second-order valence-electron chi connectivity index (χ2n) is 2.10. The van der Waals surface area contributed by atoms with Crippen LogP contribution in [0.3, 0.4) is 0 Å². The van der Waals surface area contributed by atoms with Crippen LogP contribution in [0.5, 0.6) is 0 Å². The third-order valence-electron chi connectivity index (χ3n) is 1.27. The van der Waals surface area contributed by atoms with E-state index in [2.05, 4.69) is 4.98 Å². The first-order valence-corrected chi connectivity index (χ1v) is 4.37. The van der Waals surface area contributed by atoms with Crippen molar-refractivity contribution >= 4 is 17.7 Å². The highest BCUT2D eigenvalue weighted by Gasteiger charge is 2.04. The summed E-state index contributed by atoms with van der Waals surface area (Å²) in [6.07, 6.45) is 1.76.